The van der Waals surface area contributed by atoms with Gasteiger partial charge in [-0.25, -0.2) is 9.37 Å². The lowest BCUT2D eigenvalue weighted by atomic mass is 10.1. The summed E-state index contributed by atoms with van der Waals surface area (Å²) >= 11 is 0. The number of hydrogen-bond acceptors (Lipinski definition) is 2. The molecule has 3 rings (SSSR count). The maximum atomic E-state index is 14.3. The van der Waals surface area contributed by atoms with Crippen molar-refractivity contribution in [2.24, 2.45) is 0 Å². The zero-order chi connectivity index (χ0) is 19.6. The van der Waals surface area contributed by atoms with E-state index in [-0.39, 0.29) is 12.1 Å². The van der Waals surface area contributed by atoms with E-state index < -0.39 is 23.5 Å². The normalized spacial score (nSPS) is 11.4. The lowest BCUT2D eigenvalue weighted by Gasteiger charge is -2.11. The van der Waals surface area contributed by atoms with Crippen LogP contribution in [0.2, 0.25) is 0 Å². The van der Waals surface area contributed by atoms with Crippen molar-refractivity contribution in [2.75, 3.05) is 0 Å². The van der Waals surface area contributed by atoms with E-state index in [0.717, 1.165) is 12.1 Å². The molecule has 2 aromatic carbocycles. The van der Waals surface area contributed by atoms with Crippen LogP contribution in [0, 0.1) is 12.7 Å². The smallest absolute Gasteiger partial charge is 0.348 e. The summed E-state index contributed by atoms with van der Waals surface area (Å²) in [7, 11) is 0. The van der Waals surface area contributed by atoms with Crippen molar-refractivity contribution in [3.05, 3.63) is 83.2 Å². The molecular weight excluding hydrogens is 362 g/mol. The fraction of sp³-hybridized carbons (Fsp3) is 0.158. The lowest BCUT2D eigenvalue weighted by Crippen LogP contribution is -2.23. The second-order valence-electron chi connectivity index (χ2n) is 5.89. The average molecular weight is 377 g/mol. The maximum absolute atomic E-state index is 14.3. The molecule has 4 nitrogen and oxygen atoms in total. The van der Waals surface area contributed by atoms with Gasteiger partial charge in [-0.1, -0.05) is 12.1 Å². The van der Waals surface area contributed by atoms with Crippen molar-refractivity contribution < 1.29 is 22.4 Å². The van der Waals surface area contributed by atoms with Gasteiger partial charge >= 0.3 is 6.18 Å². The van der Waals surface area contributed by atoms with Crippen molar-refractivity contribution in [3.8, 4) is 5.69 Å². The monoisotopic (exact) mass is 377 g/mol. The highest BCUT2D eigenvalue weighted by molar-refractivity contribution is 5.94. The molecule has 0 spiro atoms. The number of halogens is 4. The van der Waals surface area contributed by atoms with Crippen molar-refractivity contribution >= 4 is 5.91 Å². The van der Waals surface area contributed by atoms with E-state index in [0.29, 0.717) is 17.1 Å². The zero-order valence-corrected chi connectivity index (χ0v) is 14.2. The number of rotatable bonds is 4. The summed E-state index contributed by atoms with van der Waals surface area (Å²) in [6, 6.07) is 8.57. The van der Waals surface area contributed by atoms with E-state index in [1.165, 1.54) is 18.2 Å². The van der Waals surface area contributed by atoms with Crippen LogP contribution in [0.1, 0.15) is 27.3 Å². The third kappa shape index (κ3) is 4.16. The molecule has 140 valence electrons. The molecule has 0 bridgehead atoms. The van der Waals surface area contributed by atoms with Crippen molar-refractivity contribution in [2.45, 2.75) is 19.6 Å². The first-order valence-corrected chi connectivity index (χ1v) is 8.00. The third-order valence-electron chi connectivity index (χ3n) is 4.00. The SMILES string of the molecule is Cc1nccn1-c1ccc(CNC(=O)c2cccc(C(F)(F)F)c2)cc1F. The topological polar surface area (TPSA) is 46.9 Å². The first kappa shape index (κ1) is 18.6. The summed E-state index contributed by atoms with van der Waals surface area (Å²) in [6.45, 7) is 1.72. The molecule has 0 saturated heterocycles. The fourth-order valence-electron chi connectivity index (χ4n) is 2.61. The Kier molecular flexibility index (Phi) is 4.98. The molecular formula is C19H15F4N3O. The highest BCUT2D eigenvalue weighted by atomic mass is 19.4. The van der Waals surface area contributed by atoms with Gasteiger partial charge in [0.05, 0.1) is 11.3 Å². The molecule has 1 amide bonds. The van der Waals surface area contributed by atoms with Gasteiger partial charge in [0.25, 0.3) is 5.91 Å². The zero-order valence-electron chi connectivity index (χ0n) is 14.2. The molecule has 0 aliphatic carbocycles. The van der Waals surface area contributed by atoms with Crippen molar-refractivity contribution in [1.29, 1.82) is 0 Å². The van der Waals surface area contributed by atoms with Crippen LogP contribution in [0.4, 0.5) is 17.6 Å². The number of hydrogen-bond donors (Lipinski definition) is 1. The van der Waals surface area contributed by atoms with Gasteiger partial charge in [0, 0.05) is 24.5 Å². The predicted molar refractivity (Wildman–Crippen MR) is 90.9 cm³/mol. The second-order valence-corrected chi connectivity index (χ2v) is 5.89. The van der Waals surface area contributed by atoms with Crippen LogP contribution in [-0.2, 0) is 12.7 Å². The lowest BCUT2D eigenvalue weighted by molar-refractivity contribution is -0.137. The number of aryl methyl sites for hydroxylation is 1. The molecule has 0 atom stereocenters. The molecule has 0 aliphatic rings. The van der Waals surface area contributed by atoms with Crippen LogP contribution in [-0.4, -0.2) is 15.5 Å². The Morgan fingerprint density at radius 3 is 2.59 bits per heavy atom. The van der Waals surface area contributed by atoms with Crippen molar-refractivity contribution in [3.63, 3.8) is 0 Å². The van der Waals surface area contributed by atoms with E-state index in [4.69, 9.17) is 0 Å². The molecule has 1 heterocycles. The Balaban J connectivity index is 1.71. The molecule has 0 aliphatic heterocycles. The molecule has 0 saturated carbocycles. The van der Waals surface area contributed by atoms with Crippen LogP contribution < -0.4 is 5.32 Å². The number of benzene rings is 2. The van der Waals surface area contributed by atoms with E-state index in [1.807, 2.05) is 0 Å². The number of aromatic nitrogens is 2. The number of amides is 1. The van der Waals surface area contributed by atoms with Gasteiger partial charge in [0.1, 0.15) is 11.6 Å². The number of carbonyl (C=O) groups excluding carboxylic acids is 1. The number of alkyl halides is 3. The van der Waals surface area contributed by atoms with Crippen LogP contribution in [0.3, 0.4) is 0 Å². The van der Waals surface area contributed by atoms with E-state index in [2.05, 4.69) is 10.3 Å². The van der Waals surface area contributed by atoms with Gasteiger partial charge in [-0.15, -0.1) is 0 Å². The van der Waals surface area contributed by atoms with Crippen LogP contribution >= 0.6 is 0 Å². The standard InChI is InChI=1S/C19H15F4N3O/c1-12-24-7-8-26(12)17-6-5-13(9-16(17)20)11-25-18(27)14-3-2-4-15(10-14)19(21,22)23/h2-10H,11H2,1H3,(H,25,27). The average Bonchev–Trinajstić information content (AvgIpc) is 3.05. The largest absolute Gasteiger partial charge is 0.416 e. The summed E-state index contributed by atoms with van der Waals surface area (Å²) < 4.78 is 54.1. The number of nitrogens with zero attached hydrogens (tertiary/aromatic N) is 2. The molecule has 27 heavy (non-hydrogen) atoms. The summed E-state index contributed by atoms with van der Waals surface area (Å²) in [4.78, 5) is 16.1. The quantitative estimate of drug-likeness (QED) is 0.691. The van der Waals surface area contributed by atoms with E-state index >= 15 is 0 Å². The first-order valence-electron chi connectivity index (χ1n) is 8.00. The number of imidazole rings is 1. The Hall–Kier alpha value is -3.16. The molecule has 3 aromatic rings. The Morgan fingerprint density at radius 1 is 1.19 bits per heavy atom. The predicted octanol–water partition coefficient (Wildman–Crippen LogP) is 4.27. The molecule has 8 heteroatoms. The van der Waals surface area contributed by atoms with Gasteiger partial charge in [-0.3, -0.25) is 4.79 Å². The van der Waals surface area contributed by atoms with Crippen LogP contribution in [0.15, 0.2) is 54.9 Å². The molecule has 1 aromatic heterocycles. The Morgan fingerprint density at radius 2 is 1.96 bits per heavy atom. The minimum atomic E-state index is -4.53. The fourth-order valence-corrected chi connectivity index (χ4v) is 2.61. The summed E-state index contributed by atoms with van der Waals surface area (Å²) in [5.74, 6) is -0.544. The van der Waals surface area contributed by atoms with Gasteiger partial charge in [0.2, 0.25) is 0 Å². The number of carbonyl (C=O) groups is 1. The van der Waals surface area contributed by atoms with E-state index in [9.17, 15) is 22.4 Å². The van der Waals surface area contributed by atoms with Gasteiger partial charge in [-0.05, 0) is 42.8 Å². The summed E-state index contributed by atoms with van der Waals surface area (Å²) in [6.07, 6.45) is -1.35. The highest BCUT2D eigenvalue weighted by Gasteiger charge is 2.30. The summed E-state index contributed by atoms with van der Waals surface area (Å²) in [5.41, 5.74) is -0.218. The van der Waals surface area contributed by atoms with E-state index in [1.54, 1.807) is 36.0 Å². The molecule has 1 N–H and O–H groups in total. The van der Waals surface area contributed by atoms with Crippen LogP contribution in [0.25, 0.3) is 5.69 Å². The molecule has 0 radical (unpaired) electrons. The molecule has 0 fully saturated rings. The number of nitrogens with one attached hydrogen (secondary N) is 1. The van der Waals surface area contributed by atoms with Gasteiger partial charge in [0.15, 0.2) is 0 Å². The maximum Gasteiger partial charge on any atom is 0.416 e. The second kappa shape index (κ2) is 7.22. The Bertz CT molecular complexity index is 979. The van der Waals surface area contributed by atoms with Gasteiger partial charge in [-0.2, -0.15) is 13.2 Å². The summed E-state index contributed by atoms with van der Waals surface area (Å²) in [5, 5.41) is 2.49. The highest BCUT2D eigenvalue weighted by Crippen LogP contribution is 2.29. The minimum absolute atomic E-state index is 0.0187. The van der Waals surface area contributed by atoms with Crippen molar-refractivity contribution in [1.82, 2.24) is 14.9 Å². The first-order chi connectivity index (χ1) is 12.8. The Labute approximate surface area is 152 Å². The minimum Gasteiger partial charge on any atom is -0.348 e. The molecule has 0 unspecified atom stereocenters. The third-order valence-corrected chi connectivity index (χ3v) is 4.00. The van der Waals surface area contributed by atoms with Gasteiger partial charge < -0.3 is 9.88 Å². The van der Waals surface area contributed by atoms with Crippen LogP contribution in [0.5, 0.6) is 0 Å².